The number of thiol groups is 1. The van der Waals surface area contributed by atoms with Gasteiger partial charge in [-0.2, -0.15) is 0 Å². The highest BCUT2D eigenvalue weighted by Gasteiger charge is 2.20. The molecule has 4 heteroatoms. The molecule has 3 nitrogen and oxygen atoms in total. The number of para-hydroxylation sites is 1. The number of anilines is 1. The van der Waals surface area contributed by atoms with Gasteiger partial charge < -0.3 is 5.32 Å². The topological polar surface area (TPSA) is 41.5 Å². The molecule has 98 valence electrons. The molecular formula is C16H12N2OS. The molecule has 0 bridgehead atoms. The van der Waals surface area contributed by atoms with E-state index in [9.17, 15) is 4.79 Å². The van der Waals surface area contributed by atoms with E-state index in [1.54, 1.807) is 0 Å². The van der Waals surface area contributed by atoms with Gasteiger partial charge >= 0.3 is 0 Å². The number of hydrogen-bond donors (Lipinski definition) is 2. The Balaban J connectivity index is 2.25. The van der Waals surface area contributed by atoms with E-state index in [0.29, 0.717) is 5.70 Å². The lowest BCUT2D eigenvalue weighted by Crippen LogP contribution is -2.11. The number of carbonyl (C=O) groups excluding carboxylic acids is 1. The molecule has 0 aliphatic carbocycles. The van der Waals surface area contributed by atoms with Crippen LogP contribution in [-0.4, -0.2) is 11.6 Å². The smallest absolute Gasteiger partial charge is 0.274 e. The number of hydrogen-bond acceptors (Lipinski definition) is 3. The zero-order chi connectivity index (χ0) is 13.9. The van der Waals surface area contributed by atoms with Crippen molar-refractivity contribution in [3.63, 3.8) is 0 Å². The van der Waals surface area contributed by atoms with Crippen LogP contribution in [0.2, 0.25) is 0 Å². The fourth-order valence-electron chi connectivity index (χ4n) is 2.12. The Morgan fingerprint density at radius 2 is 1.70 bits per heavy atom. The van der Waals surface area contributed by atoms with Crippen LogP contribution >= 0.6 is 12.6 Å². The summed E-state index contributed by atoms with van der Waals surface area (Å²) >= 11 is 4.07. The predicted octanol–water partition coefficient (Wildman–Crippen LogP) is 3.25. The summed E-state index contributed by atoms with van der Waals surface area (Å²) in [6.45, 7) is 0. The van der Waals surface area contributed by atoms with Crippen molar-refractivity contribution in [1.29, 1.82) is 0 Å². The van der Waals surface area contributed by atoms with Crippen LogP contribution in [0.1, 0.15) is 11.1 Å². The van der Waals surface area contributed by atoms with E-state index in [4.69, 9.17) is 0 Å². The number of benzodiazepines with no additional fused rings is 1. The summed E-state index contributed by atoms with van der Waals surface area (Å²) in [7, 11) is 0. The molecule has 0 spiro atoms. The number of benzene rings is 2. The Labute approximate surface area is 122 Å². The van der Waals surface area contributed by atoms with E-state index in [2.05, 4.69) is 22.9 Å². The maximum atomic E-state index is 12.0. The Morgan fingerprint density at radius 1 is 1.00 bits per heavy atom. The monoisotopic (exact) mass is 280 g/mol. The van der Waals surface area contributed by atoms with Crippen molar-refractivity contribution >= 4 is 29.9 Å². The first kappa shape index (κ1) is 12.7. The molecule has 0 atom stereocenters. The fraction of sp³-hybridized carbons (Fsp3) is 0. The zero-order valence-electron chi connectivity index (χ0n) is 10.6. The standard InChI is InChI=1S/C16H12N2OS/c19-16-14(10-20)17-15(11-6-2-1-3-7-11)12-8-4-5-9-13(12)18-16/h1-10,20H,(H,18,19)/b14-10+. The van der Waals surface area contributed by atoms with Crippen LogP contribution in [-0.2, 0) is 4.79 Å². The van der Waals surface area contributed by atoms with Crippen molar-refractivity contribution in [3.8, 4) is 0 Å². The molecule has 0 fully saturated rings. The summed E-state index contributed by atoms with van der Waals surface area (Å²) in [5, 5.41) is 4.27. The molecule has 3 rings (SSSR count). The van der Waals surface area contributed by atoms with Gasteiger partial charge in [0.15, 0.2) is 0 Å². The van der Waals surface area contributed by atoms with Gasteiger partial charge in [0.25, 0.3) is 5.91 Å². The molecule has 1 heterocycles. The summed E-state index contributed by atoms with van der Waals surface area (Å²) < 4.78 is 0. The third-order valence-corrected chi connectivity index (χ3v) is 3.31. The number of aliphatic imine (C=N–C) groups is 1. The molecule has 1 N–H and O–H groups in total. The van der Waals surface area contributed by atoms with Crippen LogP contribution in [0, 0.1) is 0 Å². The van der Waals surface area contributed by atoms with E-state index < -0.39 is 0 Å². The number of fused-ring (bicyclic) bond motifs is 1. The number of nitrogens with one attached hydrogen (secondary N) is 1. The van der Waals surface area contributed by atoms with Gasteiger partial charge in [0, 0.05) is 11.1 Å². The first-order chi connectivity index (χ1) is 9.79. The SMILES string of the molecule is O=C1Nc2ccccc2C(c2ccccc2)=N/C1=C/S. The molecule has 1 amide bonds. The number of nitrogens with zero attached hydrogens (tertiary/aromatic N) is 1. The molecule has 1 aliphatic heterocycles. The van der Waals surface area contributed by atoms with Crippen molar-refractivity contribution < 1.29 is 4.79 Å². The second kappa shape index (κ2) is 5.35. The minimum atomic E-state index is -0.251. The van der Waals surface area contributed by atoms with Gasteiger partial charge in [-0.25, -0.2) is 4.99 Å². The van der Waals surface area contributed by atoms with Gasteiger partial charge in [0.1, 0.15) is 5.70 Å². The van der Waals surface area contributed by atoms with Crippen molar-refractivity contribution in [1.82, 2.24) is 0 Å². The molecule has 0 radical (unpaired) electrons. The summed E-state index contributed by atoms with van der Waals surface area (Å²) in [5.41, 5.74) is 3.68. The van der Waals surface area contributed by atoms with Crippen LogP contribution in [0.15, 0.2) is 70.7 Å². The summed E-state index contributed by atoms with van der Waals surface area (Å²) in [5.74, 6) is -0.251. The molecule has 1 aliphatic rings. The number of rotatable bonds is 1. The molecule has 0 unspecified atom stereocenters. The van der Waals surface area contributed by atoms with Crippen molar-refractivity contribution in [3.05, 3.63) is 76.8 Å². The maximum Gasteiger partial charge on any atom is 0.274 e. The van der Waals surface area contributed by atoms with Crippen molar-refractivity contribution in [2.45, 2.75) is 0 Å². The minimum absolute atomic E-state index is 0.251. The van der Waals surface area contributed by atoms with Gasteiger partial charge in [-0.15, -0.1) is 12.6 Å². The van der Waals surface area contributed by atoms with Crippen LogP contribution in [0.25, 0.3) is 0 Å². The zero-order valence-corrected chi connectivity index (χ0v) is 11.5. The lowest BCUT2D eigenvalue weighted by molar-refractivity contribution is -0.112. The Morgan fingerprint density at radius 3 is 2.45 bits per heavy atom. The lowest BCUT2D eigenvalue weighted by atomic mass is 10.0. The maximum absolute atomic E-state index is 12.0. The molecule has 0 aromatic heterocycles. The van der Waals surface area contributed by atoms with E-state index in [1.807, 2.05) is 54.6 Å². The summed E-state index contributed by atoms with van der Waals surface area (Å²) in [6, 6.07) is 17.4. The first-order valence-electron chi connectivity index (χ1n) is 6.19. The molecule has 2 aromatic rings. The van der Waals surface area contributed by atoms with Crippen LogP contribution in [0.5, 0.6) is 0 Å². The molecule has 20 heavy (non-hydrogen) atoms. The van der Waals surface area contributed by atoms with Gasteiger partial charge in [-0.3, -0.25) is 4.79 Å². The largest absolute Gasteiger partial charge is 0.320 e. The highest BCUT2D eigenvalue weighted by Crippen LogP contribution is 2.25. The van der Waals surface area contributed by atoms with Crippen LogP contribution < -0.4 is 5.32 Å². The average molecular weight is 280 g/mol. The highest BCUT2D eigenvalue weighted by molar-refractivity contribution is 7.83. The van der Waals surface area contributed by atoms with Crippen molar-refractivity contribution in [2.75, 3.05) is 5.32 Å². The van der Waals surface area contributed by atoms with E-state index in [0.717, 1.165) is 22.5 Å². The second-order valence-corrected chi connectivity index (χ2v) is 4.60. The Hall–Kier alpha value is -2.33. The van der Waals surface area contributed by atoms with Gasteiger partial charge in [0.05, 0.1) is 11.4 Å². The van der Waals surface area contributed by atoms with Crippen LogP contribution in [0.3, 0.4) is 0 Å². The lowest BCUT2D eigenvalue weighted by Gasteiger charge is -2.08. The molecule has 0 saturated carbocycles. The molecule has 2 aromatic carbocycles. The summed E-state index contributed by atoms with van der Waals surface area (Å²) in [6.07, 6.45) is 0. The molecule has 0 saturated heterocycles. The molecular weight excluding hydrogens is 268 g/mol. The number of carbonyl (C=O) groups is 1. The Bertz CT molecular complexity index is 720. The van der Waals surface area contributed by atoms with Gasteiger partial charge in [-0.1, -0.05) is 48.5 Å². The average Bonchev–Trinajstić information content (AvgIpc) is 2.64. The fourth-order valence-corrected chi connectivity index (χ4v) is 2.29. The summed E-state index contributed by atoms with van der Waals surface area (Å²) in [4.78, 5) is 16.5. The number of amides is 1. The van der Waals surface area contributed by atoms with Gasteiger partial charge in [0.2, 0.25) is 0 Å². The normalized spacial score (nSPS) is 16.1. The third-order valence-electron chi connectivity index (χ3n) is 3.06. The minimum Gasteiger partial charge on any atom is -0.320 e. The second-order valence-electron chi connectivity index (χ2n) is 4.34. The Kier molecular flexibility index (Phi) is 3.39. The van der Waals surface area contributed by atoms with E-state index >= 15 is 0 Å². The van der Waals surface area contributed by atoms with E-state index in [1.165, 1.54) is 5.41 Å². The first-order valence-corrected chi connectivity index (χ1v) is 6.70. The quantitative estimate of drug-likeness (QED) is 0.611. The predicted molar refractivity (Wildman–Crippen MR) is 84.2 cm³/mol. The van der Waals surface area contributed by atoms with Crippen LogP contribution in [0.4, 0.5) is 5.69 Å². The van der Waals surface area contributed by atoms with Gasteiger partial charge in [-0.05, 0) is 11.5 Å². The third kappa shape index (κ3) is 2.26. The highest BCUT2D eigenvalue weighted by atomic mass is 32.1. The van der Waals surface area contributed by atoms with E-state index in [-0.39, 0.29) is 5.91 Å². The van der Waals surface area contributed by atoms with Crippen molar-refractivity contribution in [2.24, 2.45) is 4.99 Å².